The Morgan fingerprint density at radius 2 is 2.33 bits per heavy atom. The van der Waals surface area contributed by atoms with Crippen LogP contribution >= 0.6 is 11.6 Å². The number of benzene rings is 1. The van der Waals surface area contributed by atoms with Gasteiger partial charge >= 0.3 is 0 Å². The molecule has 0 aliphatic carbocycles. The highest BCUT2D eigenvalue weighted by molar-refractivity contribution is 6.33. The monoisotopic (exact) mass is 313 g/mol. The molecule has 4 nitrogen and oxygen atoms in total. The van der Waals surface area contributed by atoms with E-state index in [4.69, 9.17) is 17.3 Å². The van der Waals surface area contributed by atoms with Crippen molar-refractivity contribution >= 4 is 23.2 Å². The van der Waals surface area contributed by atoms with E-state index in [9.17, 15) is 9.18 Å². The number of nitrogens with zero attached hydrogens (tertiary/aromatic N) is 1. The van der Waals surface area contributed by atoms with Crippen molar-refractivity contribution in [2.24, 2.45) is 11.1 Å². The standard InChI is InChI=1S/C15H21ClFN3O/c1-10(20-6-5-15(2,8-18)9-20)14(21)19-13-4-3-11(17)7-12(13)16/h3-4,7,10H,5-6,8-9,18H2,1-2H3,(H,19,21). The number of amides is 1. The van der Waals surface area contributed by atoms with Crippen molar-refractivity contribution in [2.45, 2.75) is 26.3 Å². The van der Waals surface area contributed by atoms with Gasteiger partial charge in [0.25, 0.3) is 0 Å². The first kappa shape index (κ1) is 16.2. The second kappa shape index (κ2) is 6.30. The van der Waals surface area contributed by atoms with E-state index in [1.165, 1.54) is 18.2 Å². The van der Waals surface area contributed by atoms with Crippen molar-refractivity contribution in [1.29, 1.82) is 0 Å². The van der Waals surface area contributed by atoms with E-state index in [1.807, 2.05) is 6.92 Å². The zero-order valence-corrected chi connectivity index (χ0v) is 13.1. The zero-order valence-electron chi connectivity index (χ0n) is 12.3. The molecule has 1 aliphatic rings. The van der Waals surface area contributed by atoms with E-state index >= 15 is 0 Å². The lowest BCUT2D eigenvalue weighted by atomic mass is 9.90. The molecule has 21 heavy (non-hydrogen) atoms. The van der Waals surface area contributed by atoms with Gasteiger partial charge in [-0.1, -0.05) is 18.5 Å². The Bertz CT molecular complexity index is 540. The minimum absolute atomic E-state index is 0.0715. The Hall–Kier alpha value is -1.17. The summed E-state index contributed by atoms with van der Waals surface area (Å²) in [5.41, 5.74) is 6.28. The van der Waals surface area contributed by atoms with Gasteiger partial charge in [0.1, 0.15) is 5.82 Å². The van der Waals surface area contributed by atoms with Crippen LogP contribution < -0.4 is 11.1 Å². The van der Waals surface area contributed by atoms with Gasteiger partial charge in [-0.15, -0.1) is 0 Å². The molecule has 3 N–H and O–H groups in total. The normalized spacial score (nSPS) is 24.0. The van der Waals surface area contributed by atoms with Crippen LogP contribution in [-0.2, 0) is 4.79 Å². The van der Waals surface area contributed by atoms with E-state index in [-0.39, 0.29) is 22.4 Å². The lowest BCUT2D eigenvalue weighted by Gasteiger charge is -2.26. The average molecular weight is 314 g/mol. The highest BCUT2D eigenvalue weighted by atomic mass is 35.5. The van der Waals surface area contributed by atoms with E-state index in [0.29, 0.717) is 12.2 Å². The molecule has 1 fully saturated rings. The maximum atomic E-state index is 13.0. The molecule has 2 atom stereocenters. The van der Waals surface area contributed by atoms with Crippen molar-refractivity contribution in [3.63, 3.8) is 0 Å². The quantitative estimate of drug-likeness (QED) is 0.898. The average Bonchev–Trinajstić information content (AvgIpc) is 2.84. The molecule has 1 amide bonds. The van der Waals surface area contributed by atoms with Gasteiger partial charge in [-0.25, -0.2) is 4.39 Å². The molecule has 6 heteroatoms. The largest absolute Gasteiger partial charge is 0.330 e. The predicted molar refractivity (Wildman–Crippen MR) is 82.9 cm³/mol. The summed E-state index contributed by atoms with van der Waals surface area (Å²) >= 11 is 5.92. The fourth-order valence-electron chi connectivity index (χ4n) is 2.55. The van der Waals surface area contributed by atoms with Crippen molar-refractivity contribution in [3.05, 3.63) is 29.0 Å². The van der Waals surface area contributed by atoms with Gasteiger partial charge in [-0.05, 0) is 50.0 Å². The Kier molecular flexibility index (Phi) is 4.86. The third-order valence-electron chi connectivity index (χ3n) is 4.20. The first-order valence-electron chi connectivity index (χ1n) is 7.05. The Balaban J connectivity index is 2.00. The lowest BCUT2D eigenvalue weighted by molar-refractivity contribution is -0.120. The van der Waals surface area contributed by atoms with Gasteiger partial charge in [0.05, 0.1) is 16.8 Å². The highest BCUT2D eigenvalue weighted by Gasteiger charge is 2.36. The van der Waals surface area contributed by atoms with Gasteiger partial charge in [0.15, 0.2) is 0 Å². The van der Waals surface area contributed by atoms with Crippen LogP contribution in [0.25, 0.3) is 0 Å². The van der Waals surface area contributed by atoms with Crippen molar-refractivity contribution in [2.75, 3.05) is 25.0 Å². The van der Waals surface area contributed by atoms with Crippen molar-refractivity contribution in [3.8, 4) is 0 Å². The van der Waals surface area contributed by atoms with Crippen LogP contribution in [0.5, 0.6) is 0 Å². The minimum Gasteiger partial charge on any atom is -0.330 e. The Morgan fingerprint density at radius 1 is 1.62 bits per heavy atom. The van der Waals surface area contributed by atoms with Gasteiger partial charge in [-0.2, -0.15) is 0 Å². The topological polar surface area (TPSA) is 58.4 Å². The molecule has 1 heterocycles. The van der Waals surface area contributed by atoms with Crippen molar-refractivity contribution < 1.29 is 9.18 Å². The zero-order chi connectivity index (χ0) is 15.6. The maximum absolute atomic E-state index is 13.0. The Labute approximate surface area is 129 Å². The molecule has 0 aromatic heterocycles. The first-order chi connectivity index (χ1) is 9.84. The number of hydrogen-bond donors (Lipinski definition) is 2. The van der Waals surface area contributed by atoms with Crippen LogP contribution in [0.3, 0.4) is 0 Å². The summed E-state index contributed by atoms with van der Waals surface area (Å²) in [6.45, 7) is 6.25. The van der Waals surface area contributed by atoms with E-state index in [1.54, 1.807) is 0 Å². The smallest absolute Gasteiger partial charge is 0.241 e. The summed E-state index contributed by atoms with van der Waals surface area (Å²) in [6, 6.07) is 3.65. The Morgan fingerprint density at radius 3 is 2.90 bits per heavy atom. The number of anilines is 1. The second-order valence-corrected chi connectivity index (χ2v) is 6.43. The molecular formula is C15H21ClFN3O. The molecule has 1 aromatic carbocycles. The minimum atomic E-state index is -0.427. The number of nitrogens with two attached hydrogens (primary N) is 1. The first-order valence-corrected chi connectivity index (χ1v) is 7.42. The van der Waals surface area contributed by atoms with Gasteiger partial charge < -0.3 is 11.1 Å². The summed E-state index contributed by atoms with van der Waals surface area (Å²) in [6.07, 6.45) is 0.985. The van der Waals surface area contributed by atoms with Crippen LogP contribution in [0.4, 0.5) is 10.1 Å². The number of likely N-dealkylation sites (tertiary alicyclic amines) is 1. The number of halogens is 2. The van der Waals surface area contributed by atoms with Gasteiger partial charge in [0.2, 0.25) is 5.91 Å². The molecule has 1 aliphatic heterocycles. The molecule has 0 saturated carbocycles. The number of carbonyl (C=O) groups excluding carboxylic acids is 1. The number of nitrogens with one attached hydrogen (secondary N) is 1. The SMILES string of the molecule is CC(C(=O)Nc1ccc(F)cc1Cl)N1CCC(C)(CN)C1. The molecular weight excluding hydrogens is 293 g/mol. The summed E-state index contributed by atoms with van der Waals surface area (Å²) < 4.78 is 13.0. The van der Waals surface area contributed by atoms with Crippen molar-refractivity contribution in [1.82, 2.24) is 4.90 Å². The van der Waals surface area contributed by atoms with Crippen LogP contribution in [0.2, 0.25) is 5.02 Å². The maximum Gasteiger partial charge on any atom is 0.241 e. The molecule has 1 aromatic rings. The summed E-state index contributed by atoms with van der Waals surface area (Å²) in [7, 11) is 0. The second-order valence-electron chi connectivity index (χ2n) is 6.02. The highest BCUT2D eigenvalue weighted by Crippen LogP contribution is 2.30. The van der Waals surface area contributed by atoms with Gasteiger partial charge in [-0.3, -0.25) is 9.69 Å². The molecule has 1 saturated heterocycles. The van der Waals surface area contributed by atoms with Gasteiger partial charge in [0, 0.05) is 6.54 Å². The van der Waals surface area contributed by atoms with E-state index in [2.05, 4.69) is 17.1 Å². The molecule has 2 rings (SSSR count). The number of hydrogen-bond acceptors (Lipinski definition) is 3. The number of rotatable bonds is 4. The molecule has 116 valence electrons. The summed E-state index contributed by atoms with van der Waals surface area (Å²) in [4.78, 5) is 14.4. The summed E-state index contributed by atoms with van der Waals surface area (Å²) in [5, 5.41) is 2.95. The fourth-order valence-corrected chi connectivity index (χ4v) is 2.77. The number of carbonyl (C=O) groups is 1. The predicted octanol–water partition coefficient (Wildman–Crippen LogP) is 2.48. The molecule has 0 bridgehead atoms. The lowest BCUT2D eigenvalue weighted by Crippen LogP contribution is -2.42. The van der Waals surface area contributed by atoms with E-state index < -0.39 is 5.82 Å². The third-order valence-corrected chi connectivity index (χ3v) is 4.51. The fraction of sp³-hybridized carbons (Fsp3) is 0.533. The van der Waals surface area contributed by atoms with Crippen LogP contribution in [-0.4, -0.2) is 36.5 Å². The molecule has 0 spiro atoms. The van der Waals surface area contributed by atoms with E-state index in [0.717, 1.165) is 19.5 Å². The third kappa shape index (κ3) is 3.73. The van der Waals surface area contributed by atoms with Crippen LogP contribution in [0.1, 0.15) is 20.3 Å². The summed E-state index contributed by atoms with van der Waals surface area (Å²) in [5.74, 6) is -0.575. The van der Waals surface area contributed by atoms with Crippen LogP contribution in [0, 0.1) is 11.2 Å². The molecule has 2 unspecified atom stereocenters. The van der Waals surface area contributed by atoms with Crippen LogP contribution in [0.15, 0.2) is 18.2 Å². The molecule has 0 radical (unpaired) electrons.